The van der Waals surface area contributed by atoms with Gasteiger partial charge in [-0.3, -0.25) is 0 Å². The maximum atomic E-state index is 6.02. The molecule has 3 heterocycles. The van der Waals surface area contributed by atoms with Crippen LogP contribution >= 0.6 is 0 Å². The molecule has 0 aliphatic rings. The van der Waals surface area contributed by atoms with Crippen LogP contribution < -0.4 is 13.8 Å². The van der Waals surface area contributed by atoms with E-state index in [0.29, 0.717) is 0 Å². The van der Waals surface area contributed by atoms with Crippen LogP contribution in [0.3, 0.4) is 0 Å². The molecular formula is C22H30GeO3Si2. The fraction of sp³-hybridized carbons (Fsp3) is 0.273. The van der Waals surface area contributed by atoms with Gasteiger partial charge in [0, 0.05) is 0 Å². The van der Waals surface area contributed by atoms with Crippen molar-refractivity contribution in [1.82, 2.24) is 0 Å². The number of hydrogen-bond acceptors (Lipinski definition) is 3. The Kier molecular flexibility index (Phi) is 5.98. The summed E-state index contributed by atoms with van der Waals surface area (Å²) in [5, 5.41) is 1.43. The van der Waals surface area contributed by atoms with E-state index in [9.17, 15) is 0 Å². The molecule has 0 saturated carbocycles. The number of allylic oxidation sites excluding steroid dienone is 2. The van der Waals surface area contributed by atoms with Crippen LogP contribution in [0.15, 0.2) is 90.3 Å². The zero-order valence-corrected chi connectivity index (χ0v) is 21.8. The first-order valence-electron chi connectivity index (χ1n) is 9.67. The molecule has 0 aromatic carbocycles. The Hall–Kier alpha value is -1.70. The van der Waals surface area contributed by atoms with Crippen LogP contribution in [-0.4, -0.2) is 29.4 Å². The third-order valence-corrected chi connectivity index (χ3v) is 16.8. The van der Waals surface area contributed by atoms with E-state index in [1.54, 1.807) is 18.8 Å². The van der Waals surface area contributed by atoms with Gasteiger partial charge in [-0.05, 0) is 0 Å². The maximum absolute atomic E-state index is 6.02. The fourth-order valence-electron chi connectivity index (χ4n) is 3.17. The van der Waals surface area contributed by atoms with E-state index in [-0.39, 0.29) is 0 Å². The molecule has 0 bridgehead atoms. The second-order valence-corrected chi connectivity index (χ2v) is 26.5. The van der Waals surface area contributed by atoms with Crippen LogP contribution in [0, 0.1) is 0 Å². The number of furan rings is 3. The summed E-state index contributed by atoms with van der Waals surface area (Å²) in [4.78, 5) is 2.49. The number of hydrogen-bond donors (Lipinski definition) is 0. The van der Waals surface area contributed by atoms with Crippen molar-refractivity contribution in [2.24, 2.45) is 0 Å². The van der Waals surface area contributed by atoms with Crippen molar-refractivity contribution in [1.29, 1.82) is 0 Å². The average molecular weight is 471 g/mol. The van der Waals surface area contributed by atoms with Crippen molar-refractivity contribution in [2.75, 3.05) is 0 Å². The normalized spacial score (nSPS) is 14.1. The average Bonchev–Trinajstić information content (AvgIpc) is 3.35. The van der Waals surface area contributed by atoms with Crippen molar-refractivity contribution in [3.05, 3.63) is 77.1 Å². The van der Waals surface area contributed by atoms with Crippen molar-refractivity contribution >= 4 is 43.2 Å². The second kappa shape index (κ2) is 7.97. The summed E-state index contributed by atoms with van der Waals surface area (Å²) in [7, 11) is -2.94. The Morgan fingerprint density at radius 1 is 0.750 bits per heavy atom. The molecule has 0 aliphatic heterocycles. The molecule has 0 N–H and O–H groups in total. The standard InChI is InChI=1S/C22H30GeO3Si2/c1-27(2,3)17-13-19(28(4,5)6)18-23(20-10-7-14-24-20,21-11-8-15-25-21)22-12-9-16-26-22/h7-18H,1-6H3/b17-13+,19-18+. The van der Waals surface area contributed by atoms with Gasteiger partial charge in [-0.2, -0.15) is 0 Å². The van der Waals surface area contributed by atoms with Gasteiger partial charge in [0.1, 0.15) is 0 Å². The van der Waals surface area contributed by atoms with Crippen molar-refractivity contribution in [3.63, 3.8) is 0 Å². The summed E-state index contributed by atoms with van der Waals surface area (Å²) in [6.45, 7) is 14.3. The van der Waals surface area contributed by atoms with E-state index < -0.39 is 29.4 Å². The molecule has 3 nitrogen and oxygen atoms in total. The van der Waals surface area contributed by atoms with Crippen LogP contribution in [0.2, 0.25) is 39.3 Å². The van der Waals surface area contributed by atoms with Gasteiger partial charge in [-0.25, -0.2) is 0 Å². The second-order valence-electron chi connectivity index (χ2n) is 9.29. The predicted molar refractivity (Wildman–Crippen MR) is 125 cm³/mol. The van der Waals surface area contributed by atoms with Crippen LogP contribution in [0.1, 0.15) is 0 Å². The molecule has 3 aromatic heterocycles. The van der Waals surface area contributed by atoms with E-state index in [1.165, 1.54) is 5.20 Å². The van der Waals surface area contributed by atoms with E-state index in [1.807, 2.05) is 18.2 Å². The van der Waals surface area contributed by atoms with Gasteiger partial charge in [0.2, 0.25) is 0 Å². The van der Waals surface area contributed by atoms with E-state index in [0.717, 1.165) is 13.8 Å². The predicted octanol–water partition coefficient (Wildman–Crippen LogP) is 4.71. The molecule has 0 atom stereocenters. The summed E-state index contributed by atoms with van der Waals surface area (Å²) >= 11 is -3.39. The minimum atomic E-state index is -3.39. The third kappa shape index (κ3) is 4.47. The quantitative estimate of drug-likeness (QED) is 0.370. The molecule has 0 unspecified atom stereocenters. The van der Waals surface area contributed by atoms with Crippen LogP contribution in [0.25, 0.3) is 0 Å². The summed E-state index contributed by atoms with van der Waals surface area (Å²) in [6.07, 6.45) is 7.64. The van der Waals surface area contributed by atoms with Crippen molar-refractivity contribution in [3.8, 4) is 0 Å². The molecule has 3 rings (SSSR count). The molecule has 0 radical (unpaired) electrons. The summed E-state index contributed by atoms with van der Waals surface area (Å²) < 4.78 is 21.0. The van der Waals surface area contributed by atoms with Crippen LogP contribution in [-0.2, 0) is 0 Å². The van der Waals surface area contributed by atoms with Crippen LogP contribution in [0.4, 0.5) is 0 Å². The summed E-state index contributed by atoms with van der Waals surface area (Å²) in [6, 6.07) is 12.1. The molecule has 3 aromatic rings. The molecule has 0 aliphatic carbocycles. The van der Waals surface area contributed by atoms with Crippen molar-refractivity contribution in [2.45, 2.75) is 39.3 Å². The molecule has 0 spiro atoms. The van der Waals surface area contributed by atoms with Gasteiger partial charge in [0.15, 0.2) is 0 Å². The number of rotatable bonds is 7. The van der Waals surface area contributed by atoms with E-state index >= 15 is 0 Å². The molecule has 0 fully saturated rings. The SMILES string of the molecule is C[Si](C)(C)/C=C/C(=[CH]\[Ge]([c]1ccco1)([c]1ccco1)[c]1ccco1)[Si](C)(C)C. The molecule has 6 heteroatoms. The van der Waals surface area contributed by atoms with Crippen molar-refractivity contribution < 1.29 is 13.3 Å². The monoisotopic (exact) mass is 472 g/mol. The third-order valence-electron chi connectivity index (χ3n) is 4.73. The zero-order chi connectivity index (χ0) is 20.4. The Morgan fingerprint density at radius 3 is 1.46 bits per heavy atom. The van der Waals surface area contributed by atoms with E-state index in [4.69, 9.17) is 13.3 Å². The Labute approximate surface area is 172 Å². The van der Waals surface area contributed by atoms with Gasteiger partial charge in [0.25, 0.3) is 0 Å². The first-order chi connectivity index (χ1) is 13.1. The first-order valence-corrected chi connectivity index (χ1v) is 21.1. The van der Waals surface area contributed by atoms with Gasteiger partial charge >= 0.3 is 173 Å². The fourth-order valence-corrected chi connectivity index (χ4v) is 16.4. The van der Waals surface area contributed by atoms with Gasteiger partial charge in [0.05, 0.1) is 0 Å². The Balaban J connectivity index is 2.32. The molecular weight excluding hydrogens is 441 g/mol. The van der Waals surface area contributed by atoms with Gasteiger partial charge in [-0.15, -0.1) is 0 Å². The van der Waals surface area contributed by atoms with E-state index in [2.05, 4.69) is 74.2 Å². The Morgan fingerprint density at radius 2 is 1.18 bits per heavy atom. The topological polar surface area (TPSA) is 39.4 Å². The van der Waals surface area contributed by atoms with Crippen LogP contribution in [0.5, 0.6) is 0 Å². The molecule has 28 heavy (non-hydrogen) atoms. The minimum absolute atomic E-state index is 0.974. The first kappa shape index (κ1) is 21.0. The van der Waals surface area contributed by atoms with Gasteiger partial charge in [-0.1, -0.05) is 0 Å². The summed E-state index contributed by atoms with van der Waals surface area (Å²) in [5.41, 5.74) is 2.44. The summed E-state index contributed by atoms with van der Waals surface area (Å²) in [5.74, 6) is 0. The molecule has 0 saturated heterocycles. The Bertz CT molecular complexity index is 839. The van der Waals surface area contributed by atoms with Gasteiger partial charge < -0.3 is 0 Å². The molecule has 0 amide bonds. The molecule has 148 valence electrons. The zero-order valence-electron chi connectivity index (χ0n) is 17.7.